The lowest BCUT2D eigenvalue weighted by molar-refractivity contribution is 0.0730. The minimum Gasteiger partial charge on any atom is -0.379 e. The van der Waals surface area contributed by atoms with E-state index in [1.807, 2.05) is 66.2 Å². The predicted molar refractivity (Wildman–Crippen MR) is 168 cm³/mol. The molecule has 0 saturated carbocycles. The number of hydrogen-bond donors (Lipinski definition) is 0. The number of thiophene rings is 1. The summed E-state index contributed by atoms with van der Waals surface area (Å²) in [4.78, 5) is 19.6. The second-order valence-corrected chi connectivity index (χ2v) is 13.6. The van der Waals surface area contributed by atoms with E-state index >= 15 is 0 Å². The SMILES string of the molecule is O=c1/c(=C/c2cn(-c3ccccc3)nc2-c2cccc(S(=O)(=O)N3CCOCC3)c2)sc2nc(/C=C/c3cccs3)nn12. The first-order chi connectivity index (χ1) is 21.0. The minimum atomic E-state index is -3.71. The molecule has 2 aromatic carbocycles. The smallest absolute Gasteiger partial charge is 0.291 e. The van der Waals surface area contributed by atoms with Crippen molar-refractivity contribution in [2.24, 2.45) is 0 Å². The fraction of sp³-hybridized carbons (Fsp3) is 0.133. The van der Waals surface area contributed by atoms with Gasteiger partial charge in [0, 0.05) is 35.3 Å². The zero-order chi connectivity index (χ0) is 29.4. The number of fused-ring (bicyclic) bond motifs is 1. The molecular weight excluding hydrogens is 605 g/mol. The standard InChI is InChI=1S/C30H24N6O4S3/c37-29-26(42-30-31-27(32-36(29)30)12-11-24-9-5-17-41-24)19-22-20-35(23-7-2-1-3-8-23)33-28(22)21-6-4-10-25(18-21)43(38,39)34-13-15-40-16-14-34/h1-12,17-20H,13-16H2/b12-11+,26-19-. The molecule has 5 heterocycles. The third-order valence-electron chi connectivity index (χ3n) is 6.90. The molecule has 0 aliphatic carbocycles. The highest BCUT2D eigenvalue weighted by atomic mass is 32.2. The van der Waals surface area contributed by atoms with Gasteiger partial charge in [0.1, 0.15) is 5.69 Å². The van der Waals surface area contributed by atoms with E-state index in [1.165, 1.54) is 20.2 Å². The van der Waals surface area contributed by atoms with E-state index in [0.29, 0.717) is 58.4 Å². The molecule has 0 N–H and O–H groups in total. The van der Waals surface area contributed by atoms with Crippen molar-refractivity contribution in [2.45, 2.75) is 4.90 Å². The molecule has 0 spiro atoms. The summed E-state index contributed by atoms with van der Waals surface area (Å²) in [5.74, 6) is 0.458. The molecule has 0 bridgehead atoms. The number of benzene rings is 2. The fourth-order valence-electron chi connectivity index (χ4n) is 4.77. The summed E-state index contributed by atoms with van der Waals surface area (Å²) in [6.45, 7) is 1.34. The van der Waals surface area contributed by atoms with Crippen LogP contribution in [0.15, 0.2) is 88.0 Å². The van der Waals surface area contributed by atoms with Crippen molar-refractivity contribution < 1.29 is 13.2 Å². The normalized spacial score (nSPS) is 15.2. The van der Waals surface area contributed by atoms with Crippen LogP contribution in [0, 0.1) is 0 Å². The largest absolute Gasteiger partial charge is 0.379 e. The zero-order valence-corrected chi connectivity index (χ0v) is 25.1. The molecular formula is C30H24N6O4S3. The molecule has 1 aliphatic heterocycles. The van der Waals surface area contributed by atoms with E-state index in [4.69, 9.17) is 9.84 Å². The van der Waals surface area contributed by atoms with Crippen LogP contribution >= 0.6 is 22.7 Å². The van der Waals surface area contributed by atoms with Gasteiger partial charge in [-0.15, -0.1) is 16.4 Å². The molecule has 0 amide bonds. The maximum Gasteiger partial charge on any atom is 0.291 e. The zero-order valence-electron chi connectivity index (χ0n) is 22.6. The number of para-hydroxylation sites is 1. The van der Waals surface area contributed by atoms with Gasteiger partial charge in [-0.05, 0) is 53.9 Å². The fourth-order valence-corrected chi connectivity index (χ4v) is 7.75. The van der Waals surface area contributed by atoms with Crippen LogP contribution in [0.2, 0.25) is 0 Å². The minimum absolute atomic E-state index is 0.179. The van der Waals surface area contributed by atoms with Crippen molar-refractivity contribution in [3.8, 4) is 16.9 Å². The van der Waals surface area contributed by atoms with E-state index in [1.54, 1.807) is 46.4 Å². The Hall–Kier alpha value is -4.27. The number of nitrogens with zero attached hydrogens (tertiary/aromatic N) is 6. The monoisotopic (exact) mass is 628 g/mol. The molecule has 10 nitrogen and oxygen atoms in total. The van der Waals surface area contributed by atoms with Gasteiger partial charge in [-0.1, -0.05) is 47.7 Å². The Labute approximate surface area is 254 Å². The van der Waals surface area contributed by atoms with E-state index in [9.17, 15) is 13.2 Å². The molecule has 7 rings (SSSR count). The van der Waals surface area contributed by atoms with Gasteiger partial charge < -0.3 is 4.74 Å². The van der Waals surface area contributed by atoms with E-state index in [-0.39, 0.29) is 10.5 Å². The lowest BCUT2D eigenvalue weighted by atomic mass is 10.1. The van der Waals surface area contributed by atoms with Crippen LogP contribution in [-0.2, 0) is 14.8 Å². The van der Waals surface area contributed by atoms with Crippen molar-refractivity contribution in [2.75, 3.05) is 26.3 Å². The van der Waals surface area contributed by atoms with Crippen molar-refractivity contribution >= 4 is 55.9 Å². The topological polar surface area (TPSA) is 112 Å². The molecule has 216 valence electrons. The van der Waals surface area contributed by atoms with E-state index in [2.05, 4.69) is 10.1 Å². The molecule has 1 fully saturated rings. The van der Waals surface area contributed by atoms with Crippen LogP contribution in [-0.4, -0.2) is 63.4 Å². The summed E-state index contributed by atoms with van der Waals surface area (Å²) < 4.78 is 37.1. The first kappa shape index (κ1) is 27.6. The molecule has 4 aromatic heterocycles. The molecule has 1 aliphatic rings. The quantitative estimate of drug-likeness (QED) is 0.264. The molecule has 0 atom stereocenters. The van der Waals surface area contributed by atoms with Crippen molar-refractivity contribution in [1.82, 2.24) is 28.7 Å². The number of aromatic nitrogens is 5. The number of ether oxygens (including phenoxy) is 1. The predicted octanol–water partition coefficient (Wildman–Crippen LogP) is 3.80. The molecule has 13 heteroatoms. The van der Waals surface area contributed by atoms with Crippen molar-refractivity contribution in [1.29, 1.82) is 0 Å². The highest BCUT2D eigenvalue weighted by Gasteiger charge is 2.27. The van der Waals surface area contributed by atoms with E-state index in [0.717, 1.165) is 10.6 Å². The van der Waals surface area contributed by atoms with Gasteiger partial charge in [0.2, 0.25) is 15.0 Å². The first-order valence-electron chi connectivity index (χ1n) is 13.4. The lowest BCUT2D eigenvalue weighted by Gasteiger charge is -2.26. The van der Waals surface area contributed by atoms with Gasteiger partial charge in [-0.25, -0.2) is 13.1 Å². The Kier molecular flexibility index (Phi) is 7.33. The third kappa shape index (κ3) is 5.48. The molecule has 43 heavy (non-hydrogen) atoms. The number of sulfonamides is 1. The van der Waals surface area contributed by atoms with Crippen LogP contribution in [0.1, 0.15) is 16.3 Å². The summed E-state index contributed by atoms with van der Waals surface area (Å²) in [5, 5.41) is 11.2. The number of thiazole rings is 1. The van der Waals surface area contributed by atoms with Gasteiger partial charge in [0.15, 0.2) is 5.82 Å². The van der Waals surface area contributed by atoms with Crippen LogP contribution < -0.4 is 10.1 Å². The average molecular weight is 629 g/mol. The Morgan fingerprint density at radius 1 is 0.930 bits per heavy atom. The first-order valence-corrected chi connectivity index (χ1v) is 16.6. The highest BCUT2D eigenvalue weighted by molar-refractivity contribution is 7.89. The summed E-state index contributed by atoms with van der Waals surface area (Å²) in [6.07, 6.45) is 7.29. The molecule has 6 aromatic rings. The molecule has 0 unspecified atom stereocenters. The maximum absolute atomic E-state index is 13.4. The van der Waals surface area contributed by atoms with Crippen LogP contribution in [0.25, 0.3) is 40.1 Å². The summed E-state index contributed by atoms with van der Waals surface area (Å²) in [6, 6.07) is 20.3. The van der Waals surface area contributed by atoms with Gasteiger partial charge in [-0.3, -0.25) is 4.79 Å². The van der Waals surface area contributed by atoms with Gasteiger partial charge in [-0.2, -0.15) is 18.9 Å². The average Bonchev–Trinajstić information content (AvgIpc) is 3.84. The van der Waals surface area contributed by atoms with Crippen molar-refractivity contribution in [3.05, 3.63) is 109 Å². The second kappa shape index (κ2) is 11.4. The maximum atomic E-state index is 13.4. The van der Waals surface area contributed by atoms with Crippen LogP contribution in [0.4, 0.5) is 0 Å². The van der Waals surface area contributed by atoms with E-state index < -0.39 is 10.0 Å². The number of hydrogen-bond acceptors (Lipinski definition) is 9. The third-order valence-corrected chi connectivity index (χ3v) is 10.6. The Morgan fingerprint density at radius 2 is 1.77 bits per heavy atom. The van der Waals surface area contributed by atoms with Gasteiger partial charge in [0.05, 0.1) is 28.3 Å². The number of morpholine rings is 1. The van der Waals surface area contributed by atoms with Crippen LogP contribution in [0.3, 0.4) is 0 Å². The Bertz CT molecular complexity index is 2160. The van der Waals surface area contributed by atoms with Gasteiger partial charge in [0.25, 0.3) is 5.56 Å². The second-order valence-electron chi connectivity index (χ2n) is 9.69. The van der Waals surface area contributed by atoms with Crippen molar-refractivity contribution in [3.63, 3.8) is 0 Å². The molecule has 0 radical (unpaired) electrons. The lowest BCUT2D eigenvalue weighted by Crippen LogP contribution is -2.40. The Balaban J connectivity index is 1.31. The van der Waals surface area contributed by atoms with Gasteiger partial charge >= 0.3 is 0 Å². The number of rotatable bonds is 7. The molecule has 1 saturated heterocycles. The van der Waals surface area contributed by atoms with Crippen LogP contribution in [0.5, 0.6) is 0 Å². The summed E-state index contributed by atoms with van der Waals surface area (Å²) >= 11 is 2.84. The highest BCUT2D eigenvalue weighted by Crippen LogP contribution is 2.28. The summed E-state index contributed by atoms with van der Waals surface area (Å²) in [7, 11) is -3.71. The summed E-state index contributed by atoms with van der Waals surface area (Å²) in [5.41, 5.74) is 2.35. The Morgan fingerprint density at radius 3 is 2.53 bits per heavy atom.